The Kier molecular flexibility index (Phi) is 5.69. The van der Waals surface area contributed by atoms with Gasteiger partial charge in [0.05, 0.1) is 45.2 Å². The van der Waals surface area contributed by atoms with Crippen LogP contribution in [0.1, 0.15) is 12.8 Å². The molecule has 0 aromatic carbocycles. The lowest BCUT2D eigenvalue weighted by atomic mass is 9.85. The maximum atomic E-state index is 12.5. The summed E-state index contributed by atoms with van der Waals surface area (Å²) >= 11 is 6.03. The van der Waals surface area contributed by atoms with E-state index in [0.29, 0.717) is 24.4 Å². The summed E-state index contributed by atoms with van der Waals surface area (Å²) in [5, 5.41) is 0.714. The number of carbonyl (C=O) groups excluding carboxylic acids is 2. The van der Waals surface area contributed by atoms with Gasteiger partial charge in [-0.1, -0.05) is 17.7 Å². The lowest BCUT2D eigenvalue weighted by Crippen LogP contribution is -3.00. The number of hydrogen-bond donors (Lipinski definition) is 0. The number of halogens is 2. The first-order valence-electron chi connectivity index (χ1n) is 7.61. The van der Waals surface area contributed by atoms with Crippen LogP contribution in [0.5, 0.6) is 0 Å². The molecule has 2 unspecified atom stereocenters. The van der Waals surface area contributed by atoms with Crippen LogP contribution in [0.3, 0.4) is 0 Å². The quantitative estimate of drug-likeness (QED) is 0.411. The molecule has 2 aliphatic heterocycles. The predicted molar refractivity (Wildman–Crippen MR) is 78.5 cm³/mol. The smallest absolute Gasteiger partial charge is 0.233 e. The summed E-state index contributed by atoms with van der Waals surface area (Å²) in [5.74, 6) is -0.457. The van der Waals surface area contributed by atoms with E-state index < -0.39 is 0 Å². The minimum absolute atomic E-state index is 0. The molecule has 2 saturated heterocycles. The number of morpholine rings is 1. The van der Waals surface area contributed by atoms with Crippen molar-refractivity contribution in [1.82, 2.24) is 4.90 Å². The predicted octanol–water partition coefficient (Wildman–Crippen LogP) is -2.02. The first-order valence-corrected chi connectivity index (χ1v) is 7.99. The lowest BCUT2D eigenvalue weighted by Gasteiger charge is -2.38. The zero-order valence-electron chi connectivity index (χ0n) is 12.8. The fourth-order valence-corrected chi connectivity index (χ4v) is 3.72. The third-order valence-corrected chi connectivity index (χ3v) is 5.38. The highest BCUT2D eigenvalue weighted by Gasteiger charge is 2.48. The number of fused-ring (bicyclic) bond motifs is 1. The number of imide groups is 1. The van der Waals surface area contributed by atoms with Crippen LogP contribution in [0, 0.1) is 11.8 Å². The van der Waals surface area contributed by atoms with Crippen molar-refractivity contribution in [2.45, 2.75) is 12.8 Å². The Balaban J connectivity index is 0.00000176. The van der Waals surface area contributed by atoms with Gasteiger partial charge in [-0.3, -0.25) is 14.5 Å². The third kappa shape index (κ3) is 3.40. The molecule has 1 aliphatic carbocycles. The van der Waals surface area contributed by atoms with Crippen molar-refractivity contribution in [2.75, 3.05) is 46.4 Å². The molecule has 124 valence electrons. The van der Waals surface area contributed by atoms with E-state index in [-0.39, 0.29) is 40.6 Å². The molecule has 0 saturated carbocycles. The molecule has 22 heavy (non-hydrogen) atoms. The van der Waals surface area contributed by atoms with Crippen molar-refractivity contribution >= 4 is 23.4 Å². The first kappa shape index (κ1) is 17.9. The minimum Gasteiger partial charge on any atom is -1.00 e. The van der Waals surface area contributed by atoms with Gasteiger partial charge in [0.1, 0.15) is 13.1 Å². The van der Waals surface area contributed by atoms with Gasteiger partial charge in [-0.25, -0.2) is 0 Å². The topological polar surface area (TPSA) is 46.6 Å². The molecular weight excluding hydrogens is 372 g/mol. The molecule has 0 aromatic rings. The molecule has 2 amide bonds. The number of rotatable bonds is 3. The van der Waals surface area contributed by atoms with Crippen LogP contribution in [0.15, 0.2) is 11.1 Å². The van der Waals surface area contributed by atoms with Crippen LogP contribution in [-0.2, 0) is 14.3 Å². The van der Waals surface area contributed by atoms with E-state index in [9.17, 15) is 9.59 Å². The van der Waals surface area contributed by atoms with Crippen LogP contribution in [-0.4, -0.2) is 67.6 Å². The van der Waals surface area contributed by atoms with Crippen molar-refractivity contribution in [3.63, 3.8) is 0 Å². The van der Waals surface area contributed by atoms with Gasteiger partial charge < -0.3 is 26.2 Å². The van der Waals surface area contributed by atoms with E-state index in [4.69, 9.17) is 16.3 Å². The van der Waals surface area contributed by atoms with E-state index >= 15 is 0 Å². The standard InChI is InChI=1S/C15H22ClN2O3.BrH/c1-18(6-8-21-9-7-18)5-4-17-14(19)12-3-2-11(16)10-13(12)15(17)20;/h2,12-13H,3-10H2,1H3;1H/q+1;/p-1. The monoisotopic (exact) mass is 392 g/mol. The van der Waals surface area contributed by atoms with E-state index in [1.807, 2.05) is 6.08 Å². The number of quaternary nitrogens is 1. The van der Waals surface area contributed by atoms with Gasteiger partial charge in [-0.2, -0.15) is 0 Å². The molecule has 0 radical (unpaired) electrons. The Morgan fingerprint density at radius 2 is 1.91 bits per heavy atom. The average molecular weight is 394 g/mol. The Morgan fingerprint density at radius 1 is 1.27 bits per heavy atom. The van der Waals surface area contributed by atoms with E-state index in [2.05, 4.69) is 7.05 Å². The van der Waals surface area contributed by atoms with E-state index in [0.717, 1.165) is 37.3 Å². The Bertz CT molecular complexity index is 491. The normalized spacial score (nSPS) is 30.6. The van der Waals surface area contributed by atoms with Gasteiger partial charge in [0.25, 0.3) is 0 Å². The average Bonchev–Trinajstić information content (AvgIpc) is 2.69. The number of nitrogens with zero attached hydrogens (tertiary/aromatic N) is 2. The molecule has 3 aliphatic rings. The van der Waals surface area contributed by atoms with Crippen LogP contribution in [0.4, 0.5) is 0 Å². The molecule has 3 rings (SSSR count). The van der Waals surface area contributed by atoms with Crippen LogP contribution in [0.2, 0.25) is 0 Å². The third-order valence-electron chi connectivity index (χ3n) is 5.07. The van der Waals surface area contributed by atoms with Gasteiger partial charge in [-0.15, -0.1) is 0 Å². The summed E-state index contributed by atoms with van der Waals surface area (Å²) in [5.41, 5.74) is 0. The van der Waals surface area contributed by atoms with Crippen molar-refractivity contribution in [2.24, 2.45) is 11.8 Å². The molecular formula is C15H22BrClN2O3. The highest BCUT2D eigenvalue weighted by atomic mass is 79.9. The van der Waals surface area contributed by atoms with Gasteiger partial charge in [0.15, 0.2) is 0 Å². The maximum absolute atomic E-state index is 12.5. The van der Waals surface area contributed by atoms with Gasteiger partial charge in [0.2, 0.25) is 11.8 Å². The van der Waals surface area contributed by atoms with Gasteiger partial charge >= 0.3 is 0 Å². The Morgan fingerprint density at radius 3 is 2.59 bits per heavy atom. The van der Waals surface area contributed by atoms with E-state index in [1.54, 1.807) is 0 Å². The fourth-order valence-electron chi connectivity index (χ4n) is 3.47. The highest BCUT2D eigenvalue weighted by Crippen LogP contribution is 2.38. The number of likely N-dealkylation sites (tertiary alicyclic amines) is 1. The minimum atomic E-state index is -0.231. The molecule has 0 spiro atoms. The largest absolute Gasteiger partial charge is 1.00 e. The highest BCUT2D eigenvalue weighted by molar-refractivity contribution is 6.30. The number of hydrogen-bond acceptors (Lipinski definition) is 3. The van der Waals surface area contributed by atoms with Gasteiger partial charge in [-0.05, 0) is 12.8 Å². The SMILES string of the molecule is C[N+]1(CCN2C(=O)C3CC=C(Cl)CC3C2=O)CCOCC1.[Br-]. The molecule has 5 nitrogen and oxygen atoms in total. The van der Waals surface area contributed by atoms with Gasteiger partial charge in [0, 0.05) is 5.03 Å². The molecule has 2 atom stereocenters. The van der Waals surface area contributed by atoms with E-state index in [1.165, 1.54) is 4.90 Å². The van der Waals surface area contributed by atoms with Crippen LogP contribution < -0.4 is 17.0 Å². The Labute approximate surface area is 146 Å². The second-order valence-corrected chi connectivity index (χ2v) is 7.02. The summed E-state index contributed by atoms with van der Waals surface area (Å²) in [6.45, 7) is 4.71. The summed E-state index contributed by atoms with van der Waals surface area (Å²) in [6.07, 6.45) is 3.01. The fraction of sp³-hybridized carbons (Fsp3) is 0.733. The number of carbonyl (C=O) groups is 2. The Hall–Kier alpha value is -0.430. The second-order valence-electron chi connectivity index (χ2n) is 6.53. The van der Waals surface area contributed by atoms with Crippen LogP contribution in [0.25, 0.3) is 0 Å². The molecule has 0 bridgehead atoms. The number of likely N-dealkylation sites (N-methyl/N-ethyl adjacent to an activating group) is 1. The first-order chi connectivity index (χ1) is 10.0. The summed E-state index contributed by atoms with van der Waals surface area (Å²) in [7, 11) is 2.17. The van der Waals surface area contributed by atoms with Crippen molar-refractivity contribution < 1.29 is 35.8 Å². The summed E-state index contributed by atoms with van der Waals surface area (Å²) < 4.78 is 6.25. The molecule has 0 N–H and O–H groups in total. The van der Waals surface area contributed by atoms with Crippen molar-refractivity contribution in [3.05, 3.63) is 11.1 Å². The van der Waals surface area contributed by atoms with Crippen molar-refractivity contribution in [1.29, 1.82) is 0 Å². The summed E-state index contributed by atoms with van der Waals surface area (Å²) in [6, 6.07) is 0. The zero-order chi connectivity index (χ0) is 15.0. The number of amides is 2. The van der Waals surface area contributed by atoms with Crippen LogP contribution >= 0.6 is 11.6 Å². The molecule has 0 aromatic heterocycles. The summed E-state index contributed by atoms with van der Waals surface area (Å²) in [4.78, 5) is 26.4. The number of ether oxygens (including phenoxy) is 1. The lowest BCUT2D eigenvalue weighted by molar-refractivity contribution is -0.916. The zero-order valence-corrected chi connectivity index (χ0v) is 15.1. The maximum Gasteiger partial charge on any atom is 0.233 e. The molecule has 2 heterocycles. The number of allylic oxidation sites excluding steroid dienone is 2. The molecule has 2 fully saturated rings. The second kappa shape index (κ2) is 6.99. The van der Waals surface area contributed by atoms with Crippen molar-refractivity contribution in [3.8, 4) is 0 Å². The molecule has 7 heteroatoms.